The maximum Gasteiger partial charge on any atom is 0.408 e. The molecule has 0 aliphatic carbocycles. The van der Waals surface area contributed by atoms with Crippen molar-refractivity contribution in [3.05, 3.63) is 23.8 Å². The molecule has 2 amide bonds. The van der Waals surface area contributed by atoms with E-state index in [-0.39, 0.29) is 12.8 Å². The first kappa shape index (κ1) is 21.1. The highest BCUT2D eigenvalue weighted by Crippen LogP contribution is 2.32. The monoisotopic (exact) mass is 368 g/mol. The standard InChI is InChI=1S/C17H24N2O7/c1-17(2,10-7-11(24-3)9-12(8-10)25-4)26-16(23)19-13(15(21)22)5-6-14(18)20/h7-9,13H,5-6H2,1-4H3,(H2,18,20)(H,19,23)(H,21,22). The Balaban J connectivity index is 2.89. The van der Waals surface area contributed by atoms with Gasteiger partial charge in [-0.25, -0.2) is 9.59 Å². The van der Waals surface area contributed by atoms with E-state index in [1.807, 2.05) is 0 Å². The number of alkyl carbamates (subject to hydrolysis) is 1. The molecule has 9 heteroatoms. The lowest BCUT2D eigenvalue weighted by molar-refractivity contribution is -0.139. The van der Waals surface area contributed by atoms with Gasteiger partial charge in [-0.1, -0.05) is 0 Å². The third kappa shape index (κ3) is 6.15. The maximum atomic E-state index is 12.1. The van der Waals surface area contributed by atoms with Crippen molar-refractivity contribution in [2.45, 2.75) is 38.3 Å². The number of hydrogen-bond acceptors (Lipinski definition) is 6. The first-order valence-electron chi connectivity index (χ1n) is 7.83. The van der Waals surface area contributed by atoms with Gasteiger partial charge in [-0.2, -0.15) is 0 Å². The van der Waals surface area contributed by atoms with Crippen LogP contribution in [0.3, 0.4) is 0 Å². The molecule has 0 aliphatic heterocycles. The van der Waals surface area contributed by atoms with Gasteiger partial charge in [0.15, 0.2) is 0 Å². The fraction of sp³-hybridized carbons (Fsp3) is 0.471. The fourth-order valence-corrected chi connectivity index (χ4v) is 2.16. The number of benzene rings is 1. The fourth-order valence-electron chi connectivity index (χ4n) is 2.16. The number of nitrogens with two attached hydrogens (primary N) is 1. The van der Waals surface area contributed by atoms with Gasteiger partial charge in [-0.15, -0.1) is 0 Å². The van der Waals surface area contributed by atoms with Gasteiger partial charge in [0, 0.05) is 18.1 Å². The summed E-state index contributed by atoms with van der Waals surface area (Å²) in [5.74, 6) is -0.915. The van der Waals surface area contributed by atoms with E-state index in [2.05, 4.69) is 5.32 Å². The van der Waals surface area contributed by atoms with Gasteiger partial charge in [0.1, 0.15) is 23.1 Å². The van der Waals surface area contributed by atoms with Gasteiger partial charge in [-0.05, 0) is 32.4 Å². The van der Waals surface area contributed by atoms with Crippen LogP contribution in [0.1, 0.15) is 32.3 Å². The van der Waals surface area contributed by atoms with Crippen LogP contribution < -0.4 is 20.5 Å². The molecule has 0 aromatic heterocycles. The zero-order chi connectivity index (χ0) is 19.9. The minimum absolute atomic E-state index is 0.132. The lowest BCUT2D eigenvalue weighted by atomic mass is 9.97. The summed E-state index contributed by atoms with van der Waals surface area (Å²) in [4.78, 5) is 34.1. The van der Waals surface area contributed by atoms with Crippen molar-refractivity contribution in [1.82, 2.24) is 5.32 Å². The number of amides is 2. The number of carboxylic acid groups (broad SMARTS) is 1. The molecule has 1 rings (SSSR count). The van der Waals surface area contributed by atoms with Crippen molar-refractivity contribution in [2.24, 2.45) is 5.73 Å². The smallest absolute Gasteiger partial charge is 0.408 e. The highest BCUT2D eigenvalue weighted by atomic mass is 16.6. The van der Waals surface area contributed by atoms with Gasteiger partial charge < -0.3 is 30.4 Å². The molecule has 0 fully saturated rings. The predicted octanol–water partition coefficient (Wildman–Crippen LogP) is 1.38. The minimum atomic E-state index is -1.29. The van der Waals surface area contributed by atoms with Crippen molar-refractivity contribution >= 4 is 18.0 Å². The Morgan fingerprint density at radius 3 is 2.12 bits per heavy atom. The quantitative estimate of drug-likeness (QED) is 0.599. The van der Waals surface area contributed by atoms with E-state index in [0.717, 1.165) is 0 Å². The minimum Gasteiger partial charge on any atom is -0.497 e. The van der Waals surface area contributed by atoms with E-state index in [4.69, 9.17) is 25.1 Å². The van der Waals surface area contributed by atoms with Crippen molar-refractivity contribution in [3.8, 4) is 11.5 Å². The van der Waals surface area contributed by atoms with Gasteiger partial charge in [0.05, 0.1) is 14.2 Å². The Morgan fingerprint density at radius 2 is 1.69 bits per heavy atom. The normalized spacial score (nSPS) is 12.0. The lowest BCUT2D eigenvalue weighted by Crippen LogP contribution is -2.43. The number of hydrogen-bond donors (Lipinski definition) is 3. The molecular formula is C17H24N2O7. The number of ether oxygens (including phenoxy) is 3. The van der Waals surface area contributed by atoms with Gasteiger partial charge in [0.25, 0.3) is 0 Å². The molecule has 0 heterocycles. The number of nitrogens with one attached hydrogen (secondary N) is 1. The number of primary amides is 1. The Hall–Kier alpha value is -2.97. The van der Waals surface area contributed by atoms with Crippen LogP contribution in [0.5, 0.6) is 11.5 Å². The molecule has 1 aromatic carbocycles. The van der Waals surface area contributed by atoms with E-state index >= 15 is 0 Å². The summed E-state index contributed by atoms with van der Waals surface area (Å²) in [6, 6.07) is 3.74. The van der Waals surface area contributed by atoms with Crippen molar-refractivity contribution < 1.29 is 33.7 Å². The number of methoxy groups -OCH3 is 2. The zero-order valence-corrected chi connectivity index (χ0v) is 15.2. The molecule has 0 saturated heterocycles. The highest BCUT2D eigenvalue weighted by molar-refractivity contribution is 5.81. The molecule has 0 saturated carbocycles. The van der Waals surface area contributed by atoms with Crippen LogP contribution in [0.25, 0.3) is 0 Å². The molecule has 0 bridgehead atoms. The Labute approximate surface area is 151 Å². The molecule has 0 aliphatic rings. The van der Waals surface area contributed by atoms with Crippen molar-refractivity contribution in [1.29, 1.82) is 0 Å². The molecule has 4 N–H and O–H groups in total. The van der Waals surface area contributed by atoms with E-state index < -0.39 is 29.6 Å². The molecule has 1 atom stereocenters. The Morgan fingerprint density at radius 1 is 1.15 bits per heavy atom. The van der Waals surface area contributed by atoms with Crippen LogP contribution in [0.4, 0.5) is 4.79 Å². The predicted molar refractivity (Wildman–Crippen MR) is 92.0 cm³/mol. The molecule has 0 radical (unpaired) electrons. The zero-order valence-electron chi connectivity index (χ0n) is 15.2. The number of rotatable bonds is 9. The second-order valence-corrected chi connectivity index (χ2v) is 6.04. The maximum absolute atomic E-state index is 12.1. The third-order valence-electron chi connectivity index (χ3n) is 3.66. The van der Waals surface area contributed by atoms with Gasteiger partial charge in [-0.3, -0.25) is 4.79 Å². The summed E-state index contributed by atoms with van der Waals surface area (Å²) >= 11 is 0. The third-order valence-corrected chi connectivity index (χ3v) is 3.66. The van der Waals surface area contributed by atoms with Gasteiger partial charge >= 0.3 is 12.1 Å². The number of carboxylic acids is 1. The topological polar surface area (TPSA) is 137 Å². The molecular weight excluding hydrogens is 344 g/mol. The SMILES string of the molecule is COc1cc(OC)cc(C(C)(C)OC(=O)NC(CCC(N)=O)C(=O)O)c1. The van der Waals surface area contributed by atoms with Crippen LogP contribution in [-0.2, 0) is 19.9 Å². The summed E-state index contributed by atoms with van der Waals surface area (Å²) in [6.07, 6.45) is -1.24. The van der Waals surface area contributed by atoms with Crippen molar-refractivity contribution in [3.63, 3.8) is 0 Å². The molecule has 144 valence electrons. The van der Waals surface area contributed by atoms with E-state index in [1.165, 1.54) is 14.2 Å². The summed E-state index contributed by atoms with van der Waals surface area (Å²) in [5, 5.41) is 11.4. The number of aliphatic carboxylic acids is 1. The average molecular weight is 368 g/mol. The van der Waals surface area contributed by atoms with E-state index in [9.17, 15) is 14.4 Å². The Bertz CT molecular complexity index is 651. The van der Waals surface area contributed by atoms with Gasteiger partial charge in [0.2, 0.25) is 5.91 Å². The van der Waals surface area contributed by atoms with Crippen LogP contribution in [-0.4, -0.2) is 43.3 Å². The Kier molecular flexibility index (Phi) is 7.24. The largest absolute Gasteiger partial charge is 0.497 e. The molecule has 26 heavy (non-hydrogen) atoms. The van der Waals surface area contributed by atoms with Crippen LogP contribution in [0.2, 0.25) is 0 Å². The molecule has 0 spiro atoms. The first-order valence-corrected chi connectivity index (χ1v) is 7.83. The summed E-state index contributed by atoms with van der Waals surface area (Å²) < 4.78 is 15.8. The summed E-state index contributed by atoms with van der Waals surface area (Å²) in [7, 11) is 2.99. The number of carbonyl (C=O) groups excluding carboxylic acids is 2. The van der Waals surface area contributed by atoms with Crippen LogP contribution in [0, 0.1) is 0 Å². The lowest BCUT2D eigenvalue weighted by Gasteiger charge is -2.27. The average Bonchev–Trinajstić information content (AvgIpc) is 2.57. The van der Waals surface area contributed by atoms with Crippen LogP contribution >= 0.6 is 0 Å². The van der Waals surface area contributed by atoms with E-state index in [1.54, 1.807) is 32.0 Å². The van der Waals surface area contributed by atoms with E-state index in [0.29, 0.717) is 17.1 Å². The second kappa shape index (κ2) is 8.93. The molecule has 1 unspecified atom stereocenters. The van der Waals surface area contributed by atoms with Crippen molar-refractivity contribution in [2.75, 3.05) is 14.2 Å². The second-order valence-electron chi connectivity index (χ2n) is 6.04. The number of carbonyl (C=O) groups is 3. The highest BCUT2D eigenvalue weighted by Gasteiger charge is 2.29. The summed E-state index contributed by atoms with van der Waals surface area (Å²) in [6.45, 7) is 3.28. The summed E-state index contributed by atoms with van der Waals surface area (Å²) in [5.41, 5.74) is 4.50. The molecule has 1 aromatic rings. The molecule has 9 nitrogen and oxygen atoms in total. The first-order chi connectivity index (χ1) is 12.1. The van der Waals surface area contributed by atoms with Crippen LogP contribution in [0.15, 0.2) is 18.2 Å².